The van der Waals surface area contributed by atoms with Gasteiger partial charge in [0, 0.05) is 10.9 Å². The molecule has 2 rings (SSSR count). The van der Waals surface area contributed by atoms with E-state index in [2.05, 4.69) is 21.2 Å². The molecule has 0 spiro atoms. The number of amides is 1. The second kappa shape index (κ2) is 5.91. The maximum atomic E-state index is 12.0. The lowest BCUT2D eigenvalue weighted by atomic mass is 9.95. The van der Waals surface area contributed by atoms with Crippen LogP contribution in [0.2, 0.25) is 8.67 Å². The van der Waals surface area contributed by atoms with Crippen molar-refractivity contribution in [2.45, 2.75) is 36.6 Å². The van der Waals surface area contributed by atoms with Gasteiger partial charge in [0.25, 0.3) is 5.91 Å². The number of alkyl halides is 1. The lowest BCUT2D eigenvalue weighted by molar-refractivity contribution is 0.0930. The summed E-state index contributed by atoms with van der Waals surface area (Å²) in [4.78, 5) is 12.4. The zero-order chi connectivity index (χ0) is 12.4. The van der Waals surface area contributed by atoms with Gasteiger partial charge in [0.1, 0.15) is 4.34 Å². The van der Waals surface area contributed by atoms with E-state index >= 15 is 0 Å². The zero-order valence-electron chi connectivity index (χ0n) is 9.01. The second-order valence-electron chi connectivity index (χ2n) is 4.12. The van der Waals surface area contributed by atoms with Crippen molar-refractivity contribution < 1.29 is 4.79 Å². The van der Waals surface area contributed by atoms with Gasteiger partial charge in [-0.1, -0.05) is 52.0 Å². The molecule has 0 aliphatic heterocycles. The van der Waals surface area contributed by atoms with Crippen LogP contribution in [-0.2, 0) is 0 Å². The number of hydrogen-bond donors (Lipinski definition) is 1. The Balaban J connectivity index is 2.03. The van der Waals surface area contributed by atoms with E-state index in [9.17, 15) is 4.79 Å². The van der Waals surface area contributed by atoms with Crippen LogP contribution >= 0.6 is 50.5 Å². The van der Waals surface area contributed by atoms with Crippen molar-refractivity contribution >= 4 is 56.4 Å². The molecule has 1 heterocycles. The molecule has 0 saturated heterocycles. The second-order valence-corrected chi connectivity index (χ2v) is 7.58. The molecule has 94 valence electrons. The van der Waals surface area contributed by atoms with Crippen LogP contribution in [0.4, 0.5) is 0 Å². The van der Waals surface area contributed by atoms with E-state index in [1.807, 2.05) is 0 Å². The van der Waals surface area contributed by atoms with E-state index in [4.69, 9.17) is 23.2 Å². The quantitative estimate of drug-likeness (QED) is 0.777. The standard InChI is InChI=1S/C11H12BrCl2NOS/c12-7-3-1-2-4-8(7)15-11(16)6-5-9(13)17-10(6)14/h5,7-8H,1-4H2,(H,15,16). The predicted octanol–water partition coefficient (Wildman–Crippen LogP) is 4.49. The molecule has 2 atom stereocenters. The third-order valence-electron chi connectivity index (χ3n) is 2.90. The molecule has 1 N–H and O–H groups in total. The Morgan fingerprint density at radius 3 is 2.71 bits per heavy atom. The number of thiophene rings is 1. The molecule has 1 aliphatic carbocycles. The smallest absolute Gasteiger partial charge is 0.253 e. The molecule has 0 bridgehead atoms. The fraction of sp³-hybridized carbons (Fsp3) is 0.545. The van der Waals surface area contributed by atoms with Crippen molar-refractivity contribution in [3.8, 4) is 0 Å². The highest BCUT2D eigenvalue weighted by molar-refractivity contribution is 9.09. The minimum atomic E-state index is -0.130. The number of nitrogens with one attached hydrogen (secondary N) is 1. The van der Waals surface area contributed by atoms with Crippen molar-refractivity contribution in [2.75, 3.05) is 0 Å². The third-order valence-corrected chi connectivity index (χ3v) is 5.48. The highest BCUT2D eigenvalue weighted by Crippen LogP contribution is 2.31. The summed E-state index contributed by atoms with van der Waals surface area (Å²) in [5, 5.41) is 3.02. The van der Waals surface area contributed by atoms with Crippen LogP contribution in [-0.4, -0.2) is 16.8 Å². The minimum Gasteiger partial charge on any atom is -0.348 e. The van der Waals surface area contributed by atoms with Gasteiger partial charge in [-0.3, -0.25) is 4.79 Å². The van der Waals surface area contributed by atoms with Crippen LogP contribution in [0.1, 0.15) is 36.0 Å². The SMILES string of the molecule is O=C(NC1CCCCC1Br)c1cc(Cl)sc1Cl. The first kappa shape index (κ1) is 13.7. The first-order valence-electron chi connectivity index (χ1n) is 5.47. The van der Waals surface area contributed by atoms with Crippen molar-refractivity contribution in [2.24, 2.45) is 0 Å². The number of halogens is 3. The Bertz CT molecular complexity index is 424. The molecule has 1 aliphatic rings. The van der Waals surface area contributed by atoms with Crippen LogP contribution < -0.4 is 5.32 Å². The summed E-state index contributed by atoms with van der Waals surface area (Å²) < 4.78 is 0.994. The summed E-state index contributed by atoms with van der Waals surface area (Å²) in [7, 11) is 0. The summed E-state index contributed by atoms with van der Waals surface area (Å²) in [5.74, 6) is -0.130. The Kier molecular flexibility index (Phi) is 4.75. The zero-order valence-corrected chi connectivity index (χ0v) is 12.9. The Morgan fingerprint density at radius 1 is 1.41 bits per heavy atom. The van der Waals surface area contributed by atoms with E-state index in [0.717, 1.165) is 19.3 Å². The molecule has 0 aromatic carbocycles. The molecule has 1 aromatic heterocycles. The summed E-state index contributed by atoms with van der Waals surface area (Å²) >= 11 is 16.6. The maximum absolute atomic E-state index is 12.0. The lowest BCUT2D eigenvalue weighted by Crippen LogP contribution is -2.42. The highest BCUT2D eigenvalue weighted by atomic mass is 79.9. The Hall–Kier alpha value is 0.230. The fourth-order valence-electron chi connectivity index (χ4n) is 1.99. The van der Waals surface area contributed by atoms with Gasteiger partial charge in [-0.15, -0.1) is 11.3 Å². The van der Waals surface area contributed by atoms with E-state index in [0.29, 0.717) is 19.1 Å². The molecular formula is C11H12BrCl2NOS. The topological polar surface area (TPSA) is 29.1 Å². The monoisotopic (exact) mass is 355 g/mol. The van der Waals surface area contributed by atoms with Crippen LogP contribution in [0.15, 0.2) is 6.07 Å². The Labute approximate surface area is 123 Å². The van der Waals surface area contributed by atoms with Gasteiger partial charge in [0.05, 0.1) is 9.90 Å². The first-order chi connectivity index (χ1) is 8.08. The molecule has 0 radical (unpaired) electrons. The van der Waals surface area contributed by atoms with Gasteiger partial charge in [0.15, 0.2) is 0 Å². The van der Waals surface area contributed by atoms with Gasteiger partial charge < -0.3 is 5.32 Å². The molecule has 1 saturated carbocycles. The number of hydrogen-bond acceptors (Lipinski definition) is 2. The summed E-state index contributed by atoms with van der Waals surface area (Å²) in [6, 6.07) is 1.81. The van der Waals surface area contributed by atoms with Crippen LogP contribution in [0, 0.1) is 0 Å². The molecule has 1 amide bonds. The van der Waals surface area contributed by atoms with E-state index in [-0.39, 0.29) is 11.9 Å². The van der Waals surface area contributed by atoms with E-state index < -0.39 is 0 Å². The van der Waals surface area contributed by atoms with Gasteiger partial charge in [0.2, 0.25) is 0 Å². The van der Waals surface area contributed by atoms with Gasteiger partial charge in [-0.25, -0.2) is 0 Å². The third kappa shape index (κ3) is 3.37. The average Bonchev–Trinajstić information content (AvgIpc) is 2.61. The largest absolute Gasteiger partial charge is 0.348 e. The highest BCUT2D eigenvalue weighted by Gasteiger charge is 2.25. The van der Waals surface area contributed by atoms with E-state index in [1.54, 1.807) is 6.07 Å². The Morgan fingerprint density at radius 2 is 2.12 bits per heavy atom. The molecule has 6 heteroatoms. The minimum absolute atomic E-state index is 0.130. The van der Waals surface area contributed by atoms with Crippen LogP contribution in [0.5, 0.6) is 0 Å². The van der Waals surface area contributed by atoms with Crippen molar-refractivity contribution in [3.63, 3.8) is 0 Å². The van der Waals surface area contributed by atoms with Crippen molar-refractivity contribution in [1.82, 2.24) is 5.32 Å². The fourth-order valence-corrected chi connectivity index (χ4v) is 4.17. The van der Waals surface area contributed by atoms with Crippen LogP contribution in [0.25, 0.3) is 0 Å². The molecule has 17 heavy (non-hydrogen) atoms. The molecule has 2 unspecified atom stereocenters. The predicted molar refractivity (Wildman–Crippen MR) is 76.8 cm³/mol. The van der Waals surface area contributed by atoms with Crippen molar-refractivity contribution in [3.05, 3.63) is 20.3 Å². The summed E-state index contributed by atoms with van der Waals surface area (Å²) in [5.41, 5.74) is 0.479. The number of rotatable bonds is 2. The summed E-state index contributed by atoms with van der Waals surface area (Å²) in [6.45, 7) is 0. The van der Waals surface area contributed by atoms with Gasteiger partial charge >= 0.3 is 0 Å². The van der Waals surface area contributed by atoms with Gasteiger partial charge in [-0.05, 0) is 18.9 Å². The summed E-state index contributed by atoms with van der Waals surface area (Å²) in [6.07, 6.45) is 4.48. The van der Waals surface area contributed by atoms with Gasteiger partial charge in [-0.2, -0.15) is 0 Å². The molecule has 1 aromatic rings. The number of carbonyl (C=O) groups excluding carboxylic acids is 1. The van der Waals surface area contributed by atoms with Crippen molar-refractivity contribution in [1.29, 1.82) is 0 Å². The normalized spacial score (nSPS) is 24.6. The lowest BCUT2D eigenvalue weighted by Gasteiger charge is -2.28. The van der Waals surface area contributed by atoms with E-state index in [1.165, 1.54) is 17.8 Å². The van der Waals surface area contributed by atoms with Crippen LogP contribution in [0.3, 0.4) is 0 Å². The first-order valence-corrected chi connectivity index (χ1v) is 7.96. The molecule has 2 nitrogen and oxygen atoms in total. The number of carbonyl (C=O) groups is 1. The maximum Gasteiger partial charge on any atom is 0.253 e. The average molecular weight is 357 g/mol. The molecule has 1 fully saturated rings. The molecular weight excluding hydrogens is 345 g/mol.